The first-order valence-electron chi connectivity index (χ1n) is 11.5. The summed E-state index contributed by atoms with van der Waals surface area (Å²) < 4.78 is 11.2. The van der Waals surface area contributed by atoms with Crippen LogP contribution in [0.4, 0.5) is 17.5 Å². The zero-order valence-corrected chi connectivity index (χ0v) is 19.3. The predicted molar refractivity (Wildman–Crippen MR) is 131 cm³/mol. The van der Waals surface area contributed by atoms with Crippen LogP contribution in [0.5, 0.6) is 5.75 Å². The van der Waals surface area contributed by atoms with Gasteiger partial charge in [0.05, 0.1) is 12.0 Å². The van der Waals surface area contributed by atoms with Crippen LogP contribution in [0, 0.1) is 6.92 Å². The largest absolute Gasteiger partial charge is 0.494 e. The number of hydrogen-bond acceptors (Lipinski definition) is 10. The van der Waals surface area contributed by atoms with Gasteiger partial charge in [-0.05, 0) is 68.0 Å². The van der Waals surface area contributed by atoms with E-state index in [4.69, 9.17) is 26.7 Å². The van der Waals surface area contributed by atoms with E-state index in [0.717, 1.165) is 42.5 Å². The highest BCUT2D eigenvalue weighted by Gasteiger charge is 2.23. The number of fused-ring (bicyclic) bond motifs is 1. The van der Waals surface area contributed by atoms with Gasteiger partial charge in [-0.2, -0.15) is 9.97 Å². The Morgan fingerprint density at radius 3 is 2.65 bits per heavy atom. The molecule has 0 bridgehead atoms. The molecule has 0 spiro atoms. The quantitative estimate of drug-likeness (QED) is 0.345. The maximum Gasteiger partial charge on any atom is 0.323 e. The number of carbonyl (C=O) groups excluding carboxylic acids is 1. The maximum atomic E-state index is 12.1. The minimum atomic E-state index is -0.670. The Labute approximate surface area is 198 Å². The second-order valence-corrected chi connectivity index (χ2v) is 8.54. The third kappa shape index (κ3) is 5.63. The number of nitrogens with one attached hydrogen (secondary N) is 1. The van der Waals surface area contributed by atoms with E-state index in [1.807, 2.05) is 31.2 Å². The molecule has 1 aromatic carbocycles. The molecule has 0 saturated heterocycles. The minimum absolute atomic E-state index is 0.0261. The molecule has 1 aliphatic rings. The van der Waals surface area contributed by atoms with Gasteiger partial charge in [-0.1, -0.05) is 0 Å². The summed E-state index contributed by atoms with van der Waals surface area (Å²) in [7, 11) is 0. The first kappa shape index (κ1) is 23.5. The van der Waals surface area contributed by atoms with Crippen molar-refractivity contribution in [1.82, 2.24) is 15.0 Å². The summed E-state index contributed by atoms with van der Waals surface area (Å²) in [6.45, 7) is 2.85. The fourth-order valence-corrected chi connectivity index (χ4v) is 4.06. The van der Waals surface area contributed by atoms with Crippen molar-refractivity contribution in [3.05, 3.63) is 41.6 Å². The zero-order valence-electron chi connectivity index (χ0n) is 19.3. The molecule has 180 valence electrons. The van der Waals surface area contributed by atoms with Crippen LogP contribution >= 0.6 is 0 Å². The van der Waals surface area contributed by atoms with Crippen molar-refractivity contribution in [3.63, 3.8) is 0 Å². The third-order valence-corrected chi connectivity index (χ3v) is 6.06. The second kappa shape index (κ2) is 10.5. The summed E-state index contributed by atoms with van der Waals surface area (Å²) in [6.07, 6.45) is 6.28. The number of anilines is 3. The molecule has 0 amide bonds. The number of carbonyl (C=O) groups is 1. The topological polar surface area (TPSA) is 164 Å². The molecule has 10 nitrogen and oxygen atoms in total. The Bertz CT molecular complexity index is 1150. The molecule has 0 radical (unpaired) electrons. The van der Waals surface area contributed by atoms with Crippen LogP contribution in [0.3, 0.4) is 0 Å². The van der Waals surface area contributed by atoms with E-state index in [2.05, 4.69) is 20.3 Å². The lowest BCUT2D eigenvalue weighted by atomic mass is 10.1. The minimum Gasteiger partial charge on any atom is -0.494 e. The average molecular weight is 466 g/mol. The van der Waals surface area contributed by atoms with Gasteiger partial charge in [-0.3, -0.25) is 4.79 Å². The zero-order chi connectivity index (χ0) is 24.1. The van der Waals surface area contributed by atoms with Gasteiger partial charge < -0.3 is 32.0 Å². The number of ether oxygens (including phenoxy) is 2. The van der Waals surface area contributed by atoms with Crippen LogP contribution in [0.15, 0.2) is 30.5 Å². The highest BCUT2D eigenvalue weighted by Crippen LogP contribution is 2.25. The van der Waals surface area contributed by atoms with Crippen molar-refractivity contribution in [2.24, 2.45) is 5.73 Å². The van der Waals surface area contributed by atoms with E-state index in [-0.39, 0.29) is 18.0 Å². The third-order valence-electron chi connectivity index (χ3n) is 6.06. The highest BCUT2D eigenvalue weighted by atomic mass is 16.5. The summed E-state index contributed by atoms with van der Waals surface area (Å²) in [5.74, 6) is 0.789. The second-order valence-electron chi connectivity index (χ2n) is 8.54. The Hall–Kier alpha value is -3.66. The first-order valence-corrected chi connectivity index (χ1v) is 11.5. The number of esters is 1. The van der Waals surface area contributed by atoms with Crippen molar-refractivity contribution in [2.75, 3.05) is 23.4 Å². The molecule has 1 aliphatic carbocycles. The summed E-state index contributed by atoms with van der Waals surface area (Å²) >= 11 is 0. The molecule has 10 heteroatoms. The molecule has 1 saturated carbocycles. The molecule has 0 aliphatic heterocycles. The summed E-state index contributed by atoms with van der Waals surface area (Å²) in [4.78, 5) is 24.6. The number of rotatable bonds is 9. The molecule has 2 heterocycles. The van der Waals surface area contributed by atoms with Crippen LogP contribution in [0.1, 0.15) is 43.2 Å². The van der Waals surface area contributed by atoms with Gasteiger partial charge in [0.2, 0.25) is 5.95 Å². The summed E-state index contributed by atoms with van der Waals surface area (Å²) in [5, 5.41) is 4.08. The van der Waals surface area contributed by atoms with Gasteiger partial charge in [0.25, 0.3) is 0 Å². The number of hydrogen-bond donors (Lipinski definition) is 4. The lowest BCUT2D eigenvalue weighted by molar-refractivity contribution is -0.150. The molecule has 3 aromatic rings. The molecule has 1 unspecified atom stereocenters. The van der Waals surface area contributed by atoms with Crippen molar-refractivity contribution >= 4 is 34.5 Å². The normalized spacial score (nSPS) is 14.8. The van der Waals surface area contributed by atoms with Gasteiger partial charge in [0.15, 0.2) is 5.65 Å². The van der Waals surface area contributed by atoms with E-state index in [9.17, 15) is 4.79 Å². The smallest absolute Gasteiger partial charge is 0.323 e. The fourth-order valence-electron chi connectivity index (χ4n) is 4.06. The van der Waals surface area contributed by atoms with Gasteiger partial charge in [0.1, 0.15) is 23.7 Å². The molecule has 1 fully saturated rings. The van der Waals surface area contributed by atoms with Crippen molar-refractivity contribution < 1.29 is 14.3 Å². The van der Waals surface area contributed by atoms with E-state index in [1.54, 1.807) is 6.20 Å². The Balaban J connectivity index is 1.26. The average Bonchev–Trinajstić information content (AvgIpc) is 3.32. The van der Waals surface area contributed by atoms with Gasteiger partial charge in [-0.25, -0.2) is 4.98 Å². The maximum absolute atomic E-state index is 12.1. The number of nitrogen functional groups attached to an aromatic ring is 2. The molecule has 2 aromatic heterocycles. The van der Waals surface area contributed by atoms with Crippen molar-refractivity contribution in [1.29, 1.82) is 0 Å². The van der Waals surface area contributed by atoms with E-state index >= 15 is 0 Å². The highest BCUT2D eigenvalue weighted by molar-refractivity contribution is 5.90. The molecular weight excluding hydrogens is 434 g/mol. The predicted octanol–water partition coefficient (Wildman–Crippen LogP) is 2.69. The molecule has 7 N–H and O–H groups in total. The standard InChI is InChI=1S/C24H31N7O3/c1-14-15(13-29-22-20(14)21(26)30-24(27)31-22)12-28-16-6-8-17(9-7-16)33-11-10-19(25)23(32)34-18-4-2-3-5-18/h6-9,13,18-19,28H,2-5,10-12,25H2,1H3,(H4,26,27,29,30,31). The van der Waals surface area contributed by atoms with E-state index in [0.29, 0.717) is 42.2 Å². The SMILES string of the molecule is Cc1c(CNc2ccc(OCCC(N)C(=O)OC3CCCC3)cc2)cnc2nc(N)nc(N)c12. The Morgan fingerprint density at radius 1 is 1.18 bits per heavy atom. The van der Waals surface area contributed by atoms with Crippen molar-refractivity contribution in [3.8, 4) is 5.75 Å². The molecule has 34 heavy (non-hydrogen) atoms. The molecular formula is C24H31N7O3. The Morgan fingerprint density at radius 2 is 1.91 bits per heavy atom. The van der Waals surface area contributed by atoms with E-state index < -0.39 is 6.04 Å². The van der Waals surface area contributed by atoms with Crippen LogP contribution in [0.25, 0.3) is 11.0 Å². The van der Waals surface area contributed by atoms with Gasteiger partial charge in [0, 0.05) is 24.8 Å². The number of pyridine rings is 1. The summed E-state index contributed by atoms with van der Waals surface area (Å²) in [6, 6.07) is 6.91. The summed E-state index contributed by atoms with van der Waals surface area (Å²) in [5.41, 5.74) is 21.0. The van der Waals surface area contributed by atoms with Crippen LogP contribution < -0.4 is 27.3 Å². The van der Waals surface area contributed by atoms with Crippen LogP contribution in [0.2, 0.25) is 0 Å². The lowest BCUT2D eigenvalue weighted by Crippen LogP contribution is -2.35. The molecule has 1 atom stereocenters. The fraction of sp³-hybridized carbons (Fsp3) is 0.417. The monoisotopic (exact) mass is 465 g/mol. The van der Waals surface area contributed by atoms with Gasteiger partial charge in [-0.15, -0.1) is 0 Å². The van der Waals surface area contributed by atoms with Gasteiger partial charge >= 0.3 is 5.97 Å². The Kier molecular flexibility index (Phi) is 7.27. The van der Waals surface area contributed by atoms with Crippen molar-refractivity contribution in [2.45, 2.75) is 57.7 Å². The van der Waals surface area contributed by atoms with Crippen LogP contribution in [-0.2, 0) is 16.1 Å². The number of aryl methyl sites for hydroxylation is 1. The van der Waals surface area contributed by atoms with Crippen LogP contribution in [-0.4, -0.2) is 39.7 Å². The number of nitrogens with zero attached hydrogens (tertiary/aromatic N) is 3. The number of aromatic nitrogens is 3. The number of nitrogens with two attached hydrogens (primary N) is 3. The lowest BCUT2D eigenvalue weighted by Gasteiger charge is -2.16. The first-order chi connectivity index (χ1) is 16.4. The molecule has 4 rings (SSSR count). The number of benzene rings is 1. The van der Waals surface area contributed by atoms with E-state index in [1.165, 1.54) is 0 Å².